The van der Waals surface area contributed by atoms with Gasteiger partial charge in [0.15, 0.2) is 5.96 Å². The monoisotopic (exact) mass is 410 g/mol. The number of aromatic nitrogens is 1. The summed E-state index contributed by atoms with van der Waals surface area (Å²) in [5, 5.41) is 7.47. The SMILES string of the molecule is CN=C(NCc1ccc(N2CCCCC2=O)cc1)N1CCN(Cc2ccon2)CC1. The smallest absolute Gasteiger partial charge is 0.226 e. The summed E-state index contributed by atoms with van der Waals surface area (Å²) in [5.41, 5.74) is 3.14. The molecule has 2 fully saturated rings. The van der Waals surface area contributed by atoms with Gasteiger partial charge in [0, 0.05) is 71.0 Å². The maximum atomic E-state index is 12.1. The summed E-state index contributed by atoms with van der Waals surface area (Å²) in [7, 11) is 1.83. The summed E-state index contributed by atoms with van der Waals surface area (Å²) in [6.07, 6.45) is 4.36. The van der Waals surface area contributed by atoms with E-state index in [1.807, 2.05) is 30.1 Å². The van der Waals surface area contributed by atoms with Gasteiger partial charge in [-0.25, -0.2) is 0 Å². The van der Waals surface area contributed by atoms with Crippen LogP contribution >= 0.6 is 0 Å². The Bertz CT molecular complexity index is 841. The number of guanidine groups is 1. The molecule has 1 aromatic heterocycles. The molecule has 1 aromatic carbocycles. The van der Waals surface area contributed by atoms with E-state index in [9.17, 15) is 4.79 Å². The topological polar surface area (TPSA) is 77.2 Å². The zero-order chi connectivity index (χ0) is 20.8. The summed E-state index contributed by atoms with van der Waals surface area (Å²) in [6.45, 7) is 6.13. The third kappa shape index (κ3) is 4.99. The maximum Gasteiger partial charge on any atom is 0.226 e. The molecular weight excluding hydrogens is 380 g/mol. The summed E-state index contributed by atoms with van der Waals surface area (Å²) in [5.74, 6) is 1.15. The van der Waals surface area contributed by atoms with Crippen molar-refractivity contribution in [1.29, 1.82) is 0 Å². The molecule has 8 nitrogen and oxygen atoms in total. The molecule has 2 aromatic rings. The lowest BCUT2D eigenvalue weighted by Gasteiger charge is -2.36. The summed E-state index contributed by atoms with van der Waals surface area (Å²) >= 11 is 0. The molecule has 160 valence electrons. The Kier molecular flexibility index (Phi) is 6.63. The zero-order valence-corrected chi connectivity index (χ0v) is 17.6. The highest BCUT2D eigenvalue weighted by atomic mass is 16.5. The van der Waals surface area contributed by atoms with Gasteiger partial charge in [0.25, 0.3) is 0 Å². The third-order valence-corrected chi connectivity index (χ3v) is 5.78. The Balaban J connectivity index is 1.26. The molecule has 0 atom stereocenters. The highest BCUT2D eigenvalue weighted by Crippen LogP contribution is 2.21. The number of aliphatic imine (C=N–C) groups is 1. The highest BCUT2D eigenvalue weighted by Gasteiger charge is 2.21. The van der Waals surface area contributed by atoms with E-state index in [0.29, 0.717) is 13.0 Å². The first-order valence-corrected chi connectivity index (χ1v) is 10.7. The van der Waals surface area contributed by atoms with Crippen LogP contribution in [-0.2, 0) is 17.9 Å². The van der Waals surface area contributed by atoms with Gasteiger partial charge in [-0.3, -0.25) is 14.7 Å². The molecule has 3 heterocycles. The first kappa shape index (κ1) is 20.4. The van der Waals surface area contributed by atoms with E-state index in [1.54, 1.807) is 6.26 Å². The van der Waals surface area contributed by atoms with Gasteiger partial charge < -0.3 is 19.6 Å². The zero-order valence-electron chi connectivity index (χ0n) is 17.6. The van der Waals surface area contributed by atoms with Gasteiger partial charge in [-0.1, -0.05) is 17.3 Å². The van der Waals surface area contributed by atoms with E-state index in [-0.39, 0.29) is 5.91 Å². The fourth-order valence-corrected chi connectivity index (χ4v) is 4.05. The summed E-state index contributed by atoms with van der Waals surface area (Å²) in [6, 6.07) is 10.2. The van der Waals surface area contributed by atoms with E-state index in [2.05, 4.69) is 37.4 Å². The first-order valence-electron chi connectivity index (χ1n) is 10.7. The second-order valence-corrected chi connectivity index (χ2v) is 7.82. The molecule has 1 N–H and O–H groups in total. The van der Waals surface area contributed by atoms with Crippen LogP contribution in [0.25, 0.3) is 0 Å². The third-order valence-electron chi connectivity index (χ3n) is 5.78. The number of carbonyl (C=O) groups excluding carboxylic acids is 1. The van der Waals surface area contributed by atoms with Gasteiger partial charge in [0.2, 0.25) is 5.91 Å². The number of piperidine rings is 1. The number of anilines is 1. The van der Waals surface area contributed by atoms with Gasteiger partial charge in [0.1, 0.15) is 6.26 Å². The van der Waals surface area contributed by atoms with E-state index in [1.165, 1.54) is 5.56 Å². The summed E-state index contributed by atoms with van der Waals surface area (Å²) < 4.78 is 4.92. The number of hydrogen-bond donors (Lipinski definition) is 1. The molecule has 1 amide bonds. The Morgan fingerprint density at radius 1 is 1.10 bits per heavy atom. The number of benzene rings is 1. The van der Waals surface area contributed by atoms with Gasteiger partial charge in [-0.15, -0.1) is 0 Å². The van der Waals surface area contributed by atoms with Crippen LogP contribution in [-0.4, -0.2) is 66.6 Å². The lowest BCUT2D eigenvalue weighted by atomic mass is 10.1. The quantitative estimate of drug-likeness (QED) is 0.601. The number of rotatable bonds is 5. The van der Waals surface area contributed by atoms with Crippen LogP contribution < -0.4 is 10.2 Å². The predicted octanol–water partition coefficient (Wildman–Crippen LogP) is 2.08. The van der Waals surface area contributed by atoms with Crippen molar-refractivity contribution < 1.29 is 9.32 Å². The fraction of sp³-hybridized carbons (Fsp3) is 0.500. The standard InChI is InChI=1S/C22H30N6O2/c1-23-22(27-13-11-26(12-14-27)17-19-9-15-30-25-19)24-16-18-5-7-20(8-6-18)28-10-3-2-4-21(28)29/h5-9,15H,2-4,10-14,16-17H2,1H3,(H,23,24). The number of hydrogen-bond acceptors (Lipinski definition) is 5. The average Bonchev–Trinajstić information content (AvgIpc) is 3.29. The number of nitrogens with one attached hydrogen (secondary N) is 1. The minimum Gasteiger partial charge on any atom is -0.364 e. The van der Waals surface area contributed by atoms with Crippen molar-refractivity contribution in [1.82, 2.24) is 20.3 Å². The van der Waals surface area contributed by atoms with Crippen LogP contribution in [0.5, 0.6) is 0 Å². The molecule has 0 unspecified atom stereocenters. The normalized spacial score (nSPS) is 18.7. The first-order chi connectivity index (χ1) is 14.7. The predicted molar refractivity (Wildman–Crippen MR) is 116 cm³/mol. The van der Waals surface area contributed by atoms with Crippen molar-refractivity contribution in [2.24, 2.45) is 4.99 Å². The van der Waals surface area contributed by atoms with Crippen molar-refractivity contribution in [3.8, 4) is 0 Å². The van der Waals surface area contributed by atoms with Gasteiger partial charge in [0.05, 0.1) is 5.69 Å². The maximum absolute atomic E-state index is 12.1. The molecule has 0 bridgehead atoms. The lowest BCUT2D eigenvalue weighted by Crippen LogP contribution is -2.52. The van der Waals surface area contributed by atoms with E-state index >= 15 is 0 Å². The van der Waals surface area contributed by atoms with E-state index in [4.69, 9.17) is 4.52 Å². The van der Waals surface area contributed by atoms with Gasteiger partial charge >= 0.3 is 0 Å². The van der Waals surface area contributed by atoms with Crippen molar-refractivity contribution in [3.05, 3.63) is 47.9 Å². The molecule has 2 aliphatic rings. The van der Waals surface area contributed by atoms with Crippen LogP contribution in [0.2, 0.25) is 0 Å². The molecule has 0 radical (unpaired) electrons. The minimum absolute atomic E-state index is 0.232. The molecule has 2 aliphatic heterocycles. The van der Waals surface area contributed by atoms with Gasteiger partial charge in [-0.05, 0) is 30.5 Å². The summed E-state index contributed by atoms with van der Waals surface area (Å²) in [4.78, 5) is 23.1. The van der Waals surface area contributed by atoms with Crippen LogP contribution in [0.1, 0.15) is 30.5 Å². The number of carbonyl (C=O) groups is 1. The molecule has 30 heavy (non-hydrogen) atoms. The molecule has 8 heteroatoms. The fourth-order valence-electron chi connectivity index (χ4n) is 4.05. The van der Waals surface area contributed by atoms with E-state index in [0.717, 1.165) is 69.5 Å². The van der Waals surface area contributed by atoms with Crippen molar-refractivity contribution in [2.75, 3.05) is 44.7 Å². The Labute approximate surface area is 177 Å². The second-order valence-electron chi connectivity index (χ2n) is 7.82. The van der Waals surface area contributed by atoms with Crippen LogP contribution in [0.15, 0.2) is 46.1 Å². The van der Waals surface area contributed by atoms with Crippen molar-refractivity contribution >= 4 is 17.6 Å². The Morgan fingerprint density at radius 2 is 1.90 bits per heavy atom. The Hall–Kier alpha value is -2.87. The van der Waals surface area contributed by atoms with Crippen LogP contribution in [0.3, 0.4) is 0 Å². The number of nitrogens with zero attached hydrogens (tertiary/aromatic N) is 5. The van der Waals surface area contributed by atoms with Gasteiger partial charge in [-0.2, -0.15) is 0 Å². The highest BCUT2D eigenvalue weighted by molar-refractivity contribution is 5.93. The Morgan fingerprint density at radius 3 is 2.57 bits per heavy atom. The molecule has 2 saturated heterocycles. The second kappa shape index (κ2) is 9.75. The van der Waals surface area contributed by atoms with E-state index < -0.39 is 0 Å². The van der Waals surface area contributed by atoms with Crippen LogP contribution in [0.4, 0.5) is 5.69 Å². The van der Waals surface area contributed by atoms with Crippen molar-refractivity contribution in [3.63, 3.8) is 0 Å². The molecule has 0 aliphatic carbocycles. The number of amides is 1. The van der Waals surface area contributed by atoms with Crippen LogP contribution in [0, 0.1) is 0 Å². The van der Waals surface area contributed by atoms with Crippen molar-refractivity contribution in [2.45, 2.75) is 32.4 Å². The minimum atomic E-state index is 0.232. The number of piperazine rings is 1. The molecule has 4 rings (SSSR count). The molecular formula is C22H30N6O2. The lowest BCUT2D eigenvalue weighted by molar-refractivity contribution is -0.119. The molecule has 0 spiro atoms. The molecule has 0 saturated carbocycles. The largest absolute Gasteiger partial charge is 0.364 e. The average molecular weight is 411 g/mol.